The van der Waals surface area contributed by atoms with Crippen LogP contribution in [-0.2, 0) is 9.59 Å². The zero-order valence-electron chi connectivity index (χ0n) is 13.9. The topological polar surface area (TPSA) is 74.6 Å². The van der Waals surface area contributed by atoms with Crippen LogP contribution in [0.25, 0.3) is 0 Å². The fourth-order valence-corrected chi connectivity index (χ4v) is 2.27. The number of rotatable bonds is 7. The van der Waals surface area contributed by atoms with Gasteiger partial charge in [-0.05, 0) is 30.6 Å². The van der Waals surface area contributed by atoms with Gasteiger partial charge in [0, 0.05) is 6.42 Å². The van der Waals surface area contributed by atoms with Crippen molar-refractivity contribution in [3.05, 3.63) is 0 Å². The molecule has 2 unspecified atom stereocenters. The SMILES string of the molecule is CC(CC(=O)O)CC(C)(C)C.CCCC(CC)C(=O)O. The molecule has 20 heavy (non-hydrogen) atoms. The van der Waals surface area contributed by atoms with E-state index in [9.17, 15) is 9.59 Å². The average molecular weight is 288 g/mol. The summed E-state index contributed by atoms with van der Waals surface area (Å²) in [6, 6.07) is 0. The molecule has 0 aromatic carbocycles. The second-order valence-electron chi connectivity index (χ2n) is 6.70. The van der Waals surface area contributed by atoms with Gasteiger partial charge in [0.25, 0.3) is 0 Å². The van der Waals surface area contributed by atoms with Crippen molar-refractivity contribution in [1.29, 1.82) is 0 Å². The van der Waals surface area contributed by atoms with Gasteiger partial charge >= 0.3 is 11.9 Å². The molecular formula is C16H32O4. The highest BCUT2D eigenvalue weighted by Crippen LogP contribution is 2.25. The number of carbonyl (C=O) groups is 2. The molecule has 2 N–H and O–H groups in total. The van der Waals surface area contributed by atoms with Crippen LogP contribution in [0.3, 0.4) is 0 Å². The maximum atomic E-state index is 10.3. The molecule has 0 amide bonds. The molecule has 0 rings (SSSR count). The Balaban J connectivity index is 0. The first kappa shape index (κ1) is 21.2. The van der Waals surface area contributed by atoms with E-state index < -0.39 is 11.9 Å². The maximum absolute atomic E-state index is 10.3. The van der Waals surface area contributed by atoms with E-state index >= 15 is 0 Å². The lowest BCUT2D eigenvalue weighted by Gasteiger charge is -2.21. The van der Waals surface area contributed by atoms with Gasteiger partial charge < -0.3 is 10.2 Å². The number of carboxylic acids is 2. The predicted molar refractivity (Wildman–Crippen MR) is 81.8 cm³/mol. The lowest BCUT2D eigenvalue weighted by atomic mass is 9.84. The van der Waals surface area contributed by atoms with E-state index in [0.717, 1.165) is 25.7 Å². The molecular weight excluding hydrogens is 256 g/mol. The molecule has 120 valence electrons. The van der Waals surface area contributed by atoms with Crippen molar-refractivity contribution in [1.82, 2.24) is 0 Å². The third kappa shape index (κ3) is 15.0. The Morgan fingerprint density at radius 2 is 1.60 bits per heavy atom. The molecule has 0 aliphatic heterocycles. The van der Waals surface area contributed by atoms with Gasteiger partial charge in [-0.25, -0.2) is 0 Å². The molecule has 4 nitrogen and oxygen atoms in total. The Morgan fingerprint density at radius 3 is 1.80 bits per heavy atom. The van der Waals surface area contributed by atoms with Crippen molar-refractivity contribution in [2.75, 3.05) is 0 Å². The summed E-state index contributed by atoms with van der Waals surface area (Å²) in [7, 11) is 0. The lowest BCUT2D eigenvalue weighted by Crippen LogP contribution is -2.13. The fourth-order valence-electron chi connectivity index (χ4n) is 2.27. The second kappa shape index (κ2) is 10.7. The molecule has 2 atom stereocenters. The average Bonchev–Trinajstić information content (AvgIpc) is 2.22. The smallest absolute Gasteiger partial charge is 0.306 e. The van der Waals surface area contributed by atoms with Gasteiger partial charge in [-0.3, -0.25) is 9.59 Å². The molecule has 0 radical (unpaired) electrons. The van der Waals surface area contributed by atoms with Crippen LogP contribution >= 0.6 is 0 Å². The lowest BCUT2D eigenvalue weighted by molar-refractivity contribution is -0.142. The van der Waals surface area contributed by atoms with Gasteiger partial charge in [0.2, 0.25) is 0 Å². The molecule has 0 saturated carbocycles. The highest BCUT2D eigenvalue weighted by atomic mass is 16.4. The summed E-state index contributed by atoms with van der Waals surface area (Å²) in [6.45, 7) is 12.3. The number of hydrogen-bond acceptors (Lipinski definition) is 2. The van der Waals surface area contributed by atoms with Gasteiger partial charge in [-0.15, -0.1) is 0 Å². The van der Waals surface area contributed by atoms with E-state index in [1.54, 1.807) is 0 Å². The molecule has 0 spiro atoms. The third-order valence-corrected chi connectivity index (χ3v) is 2.96. The minimum atomic E-state index is -0.693. The number of aliphatic carboxylic acids is 2. The highest BCUT2D eigenvalue weighted by molar-refractivity contribution is 5.69. The first-order valence-corrected chi connectivity index (χ1v) is 7.48. The molecule has 4 heteroatoms. The van der Waals surface area contributed by atoms with Crippen LogP contribution in [0, 0.1) is 17.3 Å². The normalized spacial score (nSPS) is 13.9. The van der Waals surface area contributed by atoms with Crippen molar-refractivity contribution < 1.29 is 19.8 Å². The fraction of sp³-hybridized carbons (Fsp3) is 0.875. The molecule has 0 aliphatic carbocycles. The number of hydrogen-bond donors (Lipinski definition) is 2. The van der Waals surface area contributed by atoms with Crippen LogP contribution in [0.15, 0.2) is 0 Å². The summed E-state index contributed by atoms with van der Waals surface area (Å²) in [5.41, 5.74) is 0.245. The van der Waals surface area contributed by atoms with Crippen LogP contribution in [0.1, 0.15) is 73.6 Å². The van der Waals surface area contributed by atoms with E-state index in [-0.39, 0.29) is 23.7 Å². The van der Waals surface area contributed by atoms with Crippen molar-refractivity contribution in [2.45, 2.75) is 73.6 Å². The predicted octanol–water partition coefficient (Wildman–Crippen LogP) is 4.43. The summed E-state index contributed by atoms with van der Waals surface area (Å²) in [5, 5.41) is 17.0. The summed E-state index contributed by atoms with van der Waals surface area (Å²) in [6.07, 6.45) is 3.79. The Hall–Kier alpha value is -1.06. The van der Waals surface area contributed by atoms with Crippen molar-refractivity contribution in [3.8, 4) is 0 Å². The zero-order valence-corrected chi connectivity index (χ0v) is 13.9. The van der Waals surface area contributed by atoms with Crippen molar-refractivity contribution in [2.24, 2.45) is 17.3 Å². The van der Waals surface area contributed by atoms with Crippen molar-refractivity contribution >= 4 is 11.9 Å². The Kier molecular flexibility index (Phi) is 11.4. The Bertz CT molecular complexity index is 279. The van der Waals surface area contributed by atoms with Gasteiger partial charge in [-0.1, -0.05) is 48.0 Å². The number of carboxylic acid groups (broad SMARTS) is 2. The summed E-state index contributed by atoms with van der Waals surface area (Å²) in [4.78, 5) is 20.6. The first-order chi connectivity index (χ1) is 9.03. The summed E-state index contributed by atoms with van der Waals surface area (Å²) < 4.78 is 0. The third-order valence-electron chi connectivity index (χ3n) is 2.96. The van der Waals surface area contributed by atoms with E-state index in [1.165, 1.54) is 0 Å². The van der Waals surface area contributed by atoms with E-state index in [2.05, 4.69) is 20.8 Å². The monoisotopic (exact) mass is 288 g/mol. The minimum Gasteiger partial charge on any atom is -0.481 e. The molecule has 0 saturated heterocycles. The minimum absolute atomic E-state index is 0.116. The van der Waals surface area contributed by atoms with Crippen LogP contribution in [-0.4, -0.2) is 22.2 Å². The van der Waals surface area contributed by atoms with Gasteiger partial charge in [0.05, 0.1) is 5.92 Å². The van der Waals surface area contributed by atoms with Crippen LogP contribution < -0.4 is 0 Å². The van der Waals surface area contributed by atoms with E-state index in [1.807, 2.05) is 20.8 Å². The zero-order chi connectivity index (χ0) is 16.3. The van der Waals surface area contributed by atoms with E-state index in [0.29, 0.717) is 0 Å². The highest BCUT2D eigenvalue weighted by Gasteiger charge is 2.16. The molecule has 0 aliphatic rings. The van der Waals surface area contributed by atoms with Crippen molar-refractivity contribution in [3.63, 3.8) is 0 Å². The van der Waals surface area contributed by atoms with Gasteiger partial charge in [0.15, 0.2) is 0 Å². The maximum Gasteiger partial charge on any atom is 0.306 e. The molecule has 0 aromatic heterocycles. The standard InChI is InChI=1S/C9H18O2.C7H14O2/c1-7(5-8(10)11)6-9(2,3)4;1-3-5-6(4-2)7(8)9/h7H,5-6H2,1-4H3,(H,10,11);6H,3-5H2,1-2H3,(H,8,9). The van der Waals surface area contributed by atoms with Crippen LogP contribution in [0.4, 0.5) is 0 Å². The van der Waals surface area contributed by atoms with Crippen LogP contribution in [0.2, 0.25) is 0 Å². The van der Waals surface area contributed by atoms with Gasteiger partial charge in [-0.2, -0.15) is 0 Å². The molecule has 0 aromatic rings. The van der Waals surface area contributed by atoms with Gasteiger partial charge in [0.1, 0.15) is 0 Å². The molecule has 0 fully saturated rings. The van der Waals surface area contributed by atoms with Crippen LogP contribution in [0.5, 0.6) is 0 Å². The molecule has 0 heterocycles. The van der Waals surface area contributed by atoms with E-state index in [4.69, 9.17) is 10.2 Å². The summed E-state index contributed by atoms with van der Waals surface area (Å²) >= 11 is 0. The second-order valence-corrected chi connectivity index (χ2v) is 6.70. The quantitative estimate of drug-likeness (QED) is 0.726. The Labute approximate surface area is 123 Å². The molecule has 0 bridgehead atoms. The largest absolute Gasteiger partial charge is 0.481 e. The Morgan fingerprint density at radius 1 is 1.10 bits per heavy atom. The first-order valence-electron chi connectivity index (χ1n) is 7.48. The summed E-state index contributed by atoms with van der Waals surface area (Å²) in [5.74, 6) is -1.18.